The van der Waals surface area contributed by atoms with E-state index in [0.29, 0.717) is 11.6 Å². The summed E-state index contributed by atoms with van der Waals surface area (Å²) >= 11 is 6.07. The summed E-state index contributed by atoms with van der Waals surface area (Å²) in [4.78, 5) is 2.40. The highest BCUT2D eigenvalue weighted by atomic mass is 35.5. The van der Waals surface area contributed by atoms with E-state index in [1.165, 1.54) is 30.7 Å². The summed E-state index contributed by atoms with van der Waals surface area (Å²) in [6.45, 7) is 2.80. The van der Waals surface area contributed by atoms with Crippen LogP contribution in [0.3, 0.4) is 0 Å². The summed E-state index contributed by atoms with van der Waals surface area (Å²) in [5.74, 6) is -0.304. The van der Waals surface area contributed by atoms with Crippen molar-refractivity contribution in [1.29, 1.82) is 0 Å². The molecule has 0 amide bonds. The summed E-state index contributed by atoms with van der Waals surface area (Å²) in [5, 5.41) is 3.88. The Bertz CT molecular complexity index is 624. The lowest BCUT2D eigenvalue weighted by atomic mass is 10.2. The first-order valence-corrected chi connectivity index (χ1v) is 7.63. The lowest BCUT2D eigenvalue weighted by Gasteiger charge is -2.22. The highest BCUT2D eigenvalue weighted by Gasteiger charge is 2.15. The van der Waals surface area contributed by atoms with E-state index in [2.05, 4.69) is 28.4 Å². The number of hydrogen-bond acceptors (Lipinski definition) is 2. The van der Waals surface area contributed by atoms with Crippen molar-refractivity contribution in [2.45, 2.75) is 19.4 Å². The van der Waals surface area contributed by atoms with Gasteiger partial charge in [-0.1, -0.05) is 29.8 Å². The SMILES string of the molecule is Fc1ccc(CNc2ccccc2N2CCCC2)c(Cl)c1. The number of nitrogens with zero attached hydrogens (tertiary/aromatic N) is 1. The van der Waals surface area contributed by atoms with Crippen LogP contribution in [0.1, 0.15) is 18.4 Å². The van der Waals surface area contributed by atoms with Crippen molar-refractivity contribution >= 4 is 23.0 Å². The quantitative estimate of drug-likeness (QED) is 0.881. The van der Waals surface area contributed by atoms with Gasteiger partial charge in [-0.2, -0.15) is 0 Å². The van der Waals surface area contributed by atoms with E-state index in [4.69, 9.17) is 11.6 Å². The molecule has 1 heterocycles. The molecule has 2 nitrogen and oxygen atoms in total. The second-order valence-electron chi connectivity index (χ2n) is 5.30. The van der Waals surface area contributed by atoms with Gasteiger partial charge in [-0.3, -0.25) is 0 Å². The Morgan fingerprint density at radius 1 is 1.10 bits per heavy atom. The predicted molar refractivity (Wildman–Crippen MR) is 86.6 cm³/mol. The standard InChI is InChI=1S/C17H18ClFN2/c18-15-11-14(19)8-7-13(15)12-20-16-5-1-2-6-17(16)21-9-3-4-10-21/h1-2,5-8,11,20H,3-4,9-10,12H2. The average Bonchev–Trinajstić information content (AvgIpc) is 3.01. The van der Waals surface area contributed by atoms with E-state index >= 15 is 0 Å². The van der Waals surface area contributed by atoms with Crippen LogP contribution in [0.2, 0.25) is 5.02 Å². The van der Waals surface area contributed by atoms with E-state index in [-0.39, 0.29) is 5.82 Å². The lowest BCUT2D eigenvalue weighted by Crippen LogP contribution is -2.19. The Morgan fingerprint density at radius 2 is 1.86 bits per heavy atom. The molecular weight excluding hydrogens is 287 g/mol. The highest BCUT2D eigenvalue weighted by Crippen LogP contribution is 2.29. The van der Waals surface area contributed by atoms with Crippen molar-refractivity contribution < 1.29 is 4.39 Å². The maximum atomic E-state index is 13.1. The highest BCUT2D eigenvalue weighted by molar-refractivity contribution is 6.31. The summed E-state index contributed by atoms with van der Waals surface area (Å²) in [5.41, 5.74) is 3.22. The predicted octanol–water partition coefficient (Wildman–Crippen LogP) is 4.69. The summed E-state index contributed by atoms with van der Waals surface area (Å²) in [6, 6.07) is 12.8. The van der Waals surface area contributed by atoms with Crippen LogP contribution in [-0.2, 0) is 6.54 Å². The molecule has 0 spiro atoms. The minimum atomic E-state index is -0.304. The van der Waals surface area contributed by atoms with E-state index in [0.717, 1.165) is 24.3 Å². The van der Waals surface area contributed by atoms with Gasteiger partial charge < -0.3 is 10.2 Å². The van der Waals surface area contributed by atoms with Gasteiger partial charge in [0.05, 0.1) is 11.4 Å². The third-order valence-electron chi connectivity index (χ3n) is 3.84. The van der Waals surface area contributed by atoms with Crippen LogP contribution in [0, 0.1) is 5.82 Å². The first kappa shape index (κ1) is 14.2. The van der Waals surface area contributed by atoms with Gasteiger partial charge in [-0.25, -0.2) is 4.39 Å². The van der Waals surface area contributed by atoms with Gasteiger partial charge in [0.1, 0.15) is 5.82 Å². The Hall–Kier alpha value is -1.74. The molecule has 0 unspecified atom stereocenters. The molecule has 0 atom stereocenters. The van der Waals surface area contributed by atoms with Crippen molar-refractivity contribution in [2.75, 3.05) is 23.3 Å². The molecule has 3 rings (SSSR count). The second kappa shape index (κ2) is 6.35. The van der Waals surface area contributed by atoms with E-state index in [1.807, 2.05) is 6.07 Å². The molecule has 21 heavy (non-hydrogen) atoms. The molecule has 4 heteroatoms. The monoisotopic (exact) mass is 304 g/mol. The molecule has 110 valence electrons. The fourth-order valence-electron chi connectivity index (χ4n) is 2.71. The fourth-order valence-corrected chi connectivity index (χ4v) is 2.95. The van der Waals surface area contributed by atoms with Crippen molar-refractivity contribution in [3.05, 3.63) is 58.9 Å². The first-order valence-electron chi connectivity index (χ1n) is 7.26. The largest absolute Gasteiger partial charge is 0.379 e. The third-order valence-corrected chi connectivity index (χ3v) is 4.19. The van der Waals surface area contributed by atoms with Crippen LogP contribution in [-0.4, -0.2) is 13.1 Å². The Balaban J connectivity index is 1.75. The molecule has 1 aliphatic heterocycles. The number of para-hydroxylation sites is 2. The molecule has 1 N–H and O–H groups in total. The Kier molecular flexibility index (Phi) is 4.30. The molecule has 1 fully saturated rings. The number of hydrogen-bond donors (Lipinski definition) is 1. The van der Waals surface area contributed by atoms with Gasteiger partial charge >= 0.3 is 0 Å². The van der Waals surface area contributed by atoms with Crippen molar-refractivity contribution in [3.8, 4) is 0 Å². The van der Waals surface area contributed by atoms with Gasteiger partial charge in [0, 0.05) is 24.7 Å². The molecule has 0 saturated carbocycles. The number of anilines is 2. The van der Waals surface area contributed by atoms with E-state index in [1.54, 1.807) is 6.07 Å². The van der Waals surface area contributed by atoms with Gasteiger partial charge in [0.2, 0.25) is 0 Å². The van der Waals surface area contributed by atoms with Crippen LogP contribution < -0.4 is 10.2 Å². The van der Waals surface area contributed by atoms with Crippen LogP contribution in [0.15, 0.2) is 42.5 Å². The van der Waals surface area contributed by atoms with E-state index < -0.39 is 0 Å². The van der Waals surface area contributed by atoms with Gasteiger partial charge in [-0.15, -0.1) is 0 Å². The van der Waals surface area contributed by atoms with Gasteiger partial charge in [0.15, 0.2) is 0 Å². The Labute approximate surface area is 129 Å². The third kappa shape index (κ3) is 3.30. The first-order chi connectivity index (χ1) is 10.2. The Morgan fingerprint density at radius 3 is 2.62 bits per heavy atom. The molecular formula is C17H18ClFN2. The smallest absolute Gasteiger partial charge is 0.124 e. The van der Waals surface area contributed by atoms with Crippen LogP contribution >= 0.6 is 11.6 Å². The minimum Gasteiger partial charge on any atom is -0.379 e. The van der Waals surface area contributed by atoms with Crippen LogP contribution in [0.5, 0.6) is 0 Å². The average molecular weight is 305 g/mol. The molecule has 0 bridgehead atoms. The molecule has 1 aliphatic rings. The maximum Gasteiger partial charge on any atom is 0.124 e. The fraction of sp³-hybridized carbons (Fsp3) is 0.294. The lowest BCUT2D eigenvalue weighted by molar-refractivity contribution is 0.627. The number of rotatable bonds is 4. The molecule has 2 aromatic carbocycles. The normalized spacial score (nSPS) is 14.5. The van der Waals surface area contributed by atoms with Gasteiger partial charge in [-0.05, 0) is 42.7 Å². The summed E-state index contributed by atoms with van der Waals surface area (Å²) in [6.07, 6.45) is 2.50. The molecule has 2 aromatic rings. The zero-order valence-electron chi connectivity index (χ0n) is 11.8. The maximum absolute atomic E-state index is 13.1. The molecule has 1 saturated heterocycles. The van der Waals surface area contributed by atoms with Crippen LogP contribution in [0.25, 0.3) is 0 Å². The topological polar surface area (TPSA) is 15.3 Å². The van der Waals surface area contributed by atoms with Gasteiger partial charge in [0.25, 0.3) is 0 Å². The zero-order valence-corrected chi connectivity index (χ0v) is 12.5. The molecule has 0 radical (unpaired) electrons. The minimum absolute atomic E-state index is 0.304. The van der Waals surface area contributed by atoms with Crippen molar-refractivity contribution in [1.82, 2.24) is 0 Å². The number of nitrogens with one attached hydrogen (secondary N) is 1. The number of benzene rings is 2. The van der Waals surface area contributed by atoms with Crippen molar-refractivity contribution in [2.24, 2.45) is 0 Å². The molecule has 0 aliphatic carbocycles. The van der Waals surface area contributed by atoms with E-state index in [9.17, 15) is 4.39 Å². The number of halogens is 2. The summed E-state index contributed by atoms with van der Waals surface area (Å²) in [7, 11) is 0. The second-order valence-corrected chi connectivity index (χ2v) is 5.71. The molecule has 0 aromatic heterocycles. The zero-order chi connectivity index (χ0) is 14.7. The van der Waals surface area contributed by atoms with Crippen LogP contribution in [0.4, 0.5) is 15.8 Å². The van der Waals surface area contributed by atoms with Crippen molar-refractivity contribution in [3.63, 3.8) is 0 Å². The summed E-state index contributed by atoms with van der Waals surface area (Å²) < 4.78 is 13.1.